The standard InChI is InChI=1S/C31H30ClFN4O3S/c32-27-4-2-1-3-23(27)20-36-30(38)22-7-12-28-26(19-22)31(13-16-35-17-14-31)29(21-5-6-21)37(28,18-15-34)41(39,40)25-10-8-24(33)9-11-25/h1-4,7-12,19,21,29,35H,5-6,13-14,16-18,20H2/p+1. The van der Waals surface area contributed by atoms with Crippen LogP contribution in [0.5, 0.6) is 0 Å². The first-order valence-corrected chi connectivity index (χ1v) is 15.7. The van der Waals surface area contributed by atoms with E-state index in [-0.39, 0.29) is 29.8 Å². The van der Waals surface area contributed by atoms with E-state index in [2.05, 4.69) is 16.7 Å². The largest absolute Gasteiger partial charge is 0.348 e. The van der Waals surface area contributed by atoms with Crippen molar-refractivity contribution in [2.24, 2.45) is 5.92 Å². The molecular formula is C31H31ClFN4O3S+. The van der Waals surface area contributed by atoms with Crippen molar-refractivity contribution in [1.29, 1.82) is 5.26 Å². The molecule has 3 aliphatic rings. The highest BCUT2D eigenvalue weighted by molar-refractivity contribution is 7.91. The Morgan fingerprint density at radius 2 is 1.80 bits per heavy atom. The number of nitrogens with one attached hydrogen (secondary N) is 2. The van der Waals surface area contributed by atoms with E-state index in [1.165, 1.54) is 12.1 Å². The molecule has 1 spiro atoms. The number of quaternary nitrogens is 1. The van der Waals surface area contributed by atoms with Crippen LogP contribution in [0.25, 0.3) is 0 Å². The Balaban J connectivity index is 1.50. The molecule has 1 aliphatic carbocycles. The molecule has 10 heteroatoms. The summed E-state index contributed by atoms with van der Waals surface area (Å²) in [6, 6.07) is 19.2. The highest BCUT2D eigenvalue weighted by Crippen LogP contribution is 2.62. The van der Waals surface area contributed by atoms with Crippen LogP contribution in [-0.2, 0) is 22.0 Å². The van der Waals surface area contributed by atoms with Crippen LogP contribution in [0, 0.1) is 23.1 Å². The quantitative estimate of drug-likeness (QED) is 0.295. The lowest BCUT2D eigenvalue weighted by Crippen LogP contribution is -2.65. The first-order chi connectivity index (χ1) is 19.7. The van der Waals surface area contributed by atoms with Crippen molar-refractivity contribution in [3.05, 3.63) is 94.3 Å². The summed E-state index contributed by atoms with van der Waals surface area (Å²) in [5.41, 5.74) is 2.05. The molecule has 2 unspecified atom stereocenters. The summed E-state index contributed by atoms with van der Waals surface area (Å²) in [7, 11) is -4.19. The maximum atomic E-state index is 14.7. The Kier molecular flexibility index (Phi) is 7.15. The molecule has 2 fully saturated rings. The van der Waals surface area contributed by atoms with E-state index in [0.717, 1.165) is 36.1 Å². The van der Waals surface area contributed by atoms with Crippen LogP contribution in [0.3, 0.4) is 0 Å². The van der Waals surface area contributed by atoms with E-state index >= 15 is 0 Å². The minimum absolute atomic E-state index is 0.0155. The number of nitriles is 1. The zero-order valence-corrected chi connectivity index (χ0v) is 24.0. The SMILES string of the molecule is N#CC[N+]1(S(=O)(=O)c2ccc(F)cc2)c2ccc(C(=O)NCc3ccccc3Cl)cc2C2(CCNCC2)C1C1CC1. The second-order valence-electron chi connectivity index (χ2n) is 11.2. The number of carbonyl (C=O) groups is 1. The van der Waals surface area contributed by atoms with Crippen molar-refractivity contribution in [1.82, 2.24) is 14.5 Å². The van der Waals surface area contributed by atoms with Crippen molar-refractivity contribution in [2.45, 2.75) is 48.6 Å². The van der Waals surface area contributed by atoms with Gasteiger partial charge in [0.1, 0.15) is 22.8 Å². The molecule has 1 saturated heterocycles. The van der Waals surface area contributed by atoms with Gasteiger partial charge in [-0.15, -0.1) is 0 Å². The van der Waals surface area contributed by atoms with Crippen LogP contribution in [0.1, 0.15) is 47.2 Å². The van der Waals surface area contributed by atoms with Gasteiger partial charge in [0.2, 0.25) is 0 Å². The van der Waals surface area contributed by atoms with E-state index in [1.807, 2.05) is 24.3 Å². The third-order valence-corrected chi connectivity index (χ3v) is 11.7. The third-order valence-electron chi connectivity index (χ3n) is 9.03. The summed E-state index contributed by atoms with van der Waals surface area (Å²) >= 11 is 6.28. The number of benzene rings is 3. The average molecular weight is 594 g/mol. The van der Waals surface area contributed by atoms with E-state index in [1.54, 1.807) is 18.2 Å². The van der Waals surface area contributed by atoms with Crippen molar-refractivity contribution in [3.8, 4) is 6.07 Å². The lowest BCUT2D eigenvalue weighted by molar-refractivity contribution is 0.0950. The van der Waals surface area contributed by atoms with Gasteiger partial charge in [-0.3, -0.25) is 4.79 Å². The lowest BCUT2D eigenvalue weighted by Gasteiger charge is -2.44. The number of rotatable bonds is 7. The van der Waals surface area contributed by atoms with E-state index in [9.17, 15) is 22.9 Å². The van der Waals surface area contributed by atoms with E-state index < -0.39 is 31.2 Å². The number of sulfonamides is 1. The van der Waals surface area contributed by atoms with Crippen LogP contribution in [0.4, 0.5) is 10.1 Å². The molecule has 7 nitrogen and oxygen atoms in total. The van der Waals surface area contributed by atoms with Gasteiger partial charge >= 0.3 is 10.0 Å². The normalized spacial score (nSPS) is 23.1. The van der Waals surface area contributed by atoms with Gasteiger partial charge < -0.3 is 10.6 Å². The highest BCUT2D eigenvalue weighted by Gasteiger charge is 2.70. The molecule has 0 bridgehead atoms. The minimum atomic E-state index is -4.19. The summed E-state index contributed by atoms with van der Waals surface area (Å²) in [6.45, 7) is 1.38. The Labute approximate surface area is 244 Å². The second-order valence-corrected chi connectivity index (χ2v) is 13.7. The molecule has 3 aromatic carbocycles. The first kappa shape index (κ1) is 27.9. The fourth-order valence-electron chi connectivity index (χ4n) is 7.12. The number of nitrogens with zero attached hydrogens (tertiary/aromatic N) is 2. The van der Waals surface area contributed by atoms with Crippen LogP contribution in [-0.4, -0.2) is 40.0 Å². The molecule has 0 radical (unpaired) electrons. The van der Waals surface area contributed by atoms with Gasteiger partial charge in [0, 0.05) is 34.7 Å². The van der Waals surface area contributed by atoms with Crippen molar-refractivity contribution < 1.29 is 17.6 Å². The van der Waals surface area contributed by atoms with Crippen LogP contribution in [0.2, 0.25) is 5.02 Å². The number of piperidine rings is 1. The summed E-state index contributed by atoms with van der Waals surface area (Å²) < 4.78 is 42.7. The molecule has 6 rings (SSSR count). The number of halogens is 2. The molecule has 1 amide bonds. The molecule has 2 atom stereocenters. The van der Waals surface area contributed by atoms with Crippen LogP contribution in [0.15, 0.2) is 71.6 Å². The molecule has 41 heavy (non-hydrogen) atoms. The second kappa shape index (κ2) is 10.5. The number of carbonyl (C=O) groups excluding carboxylic acids is 1. The number of hydrogen-bond acceptors (Lipinski definition) is 5. The van der Waals surface area contributed by atoms with Gasteiger partial charge in [0.05, 0.1) is 5.41 Å². The van der Waals surface area contributed by atoms with Crippen molar-refractivity contribution in [2.75, 3.05) is 19.6 Å². The van der Waals surface area contributed by atoms with Gasteiger partial charge in [-0.1, -0.05) is 29.8 Å². The van der Waals surface area contributed by atoms with Gasteiger partial charge in [-0.25, -0.2) is 4.39 Å². The molecule has 2 N–H and O–H groups in total. The highest BCUT2D eigenvalue weighted by atomic mass is 35.5. The zero-order valence-electron chi connectivity index (χ0n) is 22.4. The van der Waals surface area contributed by atoms with Crippen LogP contribution >= 0.6 is 11.6 Å². The van der Waals surface area contributed by atoms with Crippen LogP contribution < -0.4 is 14.5 Å². The topological polar surface area (TPSA) is 99.1 Å². The predicted octanol–water partition coefficient (Wildman–Crippen LogP) is 5.04. The molecule has 2 heterocycles. The fourth-order valence-corrected chi connectivity index (χ4v) is 9.50. The Bertz CT molecular complexity index is 1650. The minimum Gasteiger partial charge on any atom is -0.348 e. The number of hydrogen-bond donors (Lipinski definition) is 2. The Hall–Kier alpha value is -3.29. The van der Waals surface area contributed by atoms with Gasteiger partial charge in [0.25, 0.3) is 5.91 Å². The smallest absolute Gasteiger partial charge is 0.333 e. The maximum absolute atomic E-state index is 14.7. The molecular weight excluding hydrogens is 563 g/mol. The molecule has 0 aromatic heterocycles. The summed E-state index contributed by atoms with van der Waals surface area (Å²) in [5, 5.41) is 17.1. The summed E-state index contributed by atoms with van der Waals surface area (Å²) in [6.07, 6.45) is 3.14. The molecule has 2 aliphatic heterocycles. The van der Waals surface area contributed by atoms with E-state index in [4.69, 9.17) is 11.6 Å². The molecule has 212 valence electrons. The molecule has 1 saturated carbocycles. The Morgan fingerprint density at radius 1 is 1.10 bits per heavy atom. The monoisotopic (exact) mass is 593 g/mol. The molecule has 3 aromatic rings. The van der Waals surface area contributed by atoms with Gasteiger partial charge in [-0.05, 0) is 86.8 Å². The summed E-state index contributed by atoms with van der Waals surface area (Å²) in [5.74, 6) is -0.702. The average Bonchev–Trinajstić information content (AvgIpc) is 3.78. The van der Waals surface area contributed by atoms with Gasteiger partial charge in [-0.2, -0.15) is 17.6 Å². The lowest BCUT2D eigenvalue weighted by atomic mass is 9.68. The van der Waals surface area contributed by atoms with Gasteiger partial charge in [0.15, 0.2) is 12.2 Å². The van der Waals surface area contributed by atoms with E-state index in [0.29, 0.717) is 42.2 Å². The first-order valence-electron chi connectivity index (χ1n) is 13.9. The fraction of sp³-hybridized carbons (Fsp3) is 0.355. The van der Waals surface area contributed by atoms with Crippen molar-refractivity contribution in [3.63, 3.8) is 0 Å². The number of fused-ring (bicyclic) bond motifs is 2. The third kappa shape index (κ3) is 4.45. The van der Waals surface area contributed by atoms with Crippen molar-refractivity contribution >= 4 is 33.2 Å². The Morgan fingerprint density at radius 3 is 2.46 bits per heavy atom. The number of amides is 1. The summed E-state index contributed by atoms with van der Waals surface area (Å²) in [4.78, 5) is 13.4. The maximum Gasteiger partial charge on any atom is 0.333 e. The zero-order chi connectivity index (χ0) is 28.8. The predicted molar refractivity (Wildman–Crippen MR) is 155 cm³/mol.